The quantitative estimate of drug-likeness (QED) is 0.159. The van der Waals surface area contributed by atoms with E-state index in [1.54, 1.807) is 0 Å². The van der Waals surface area contributed by atoms with Crippen molar-refractivity contribution in [3.8, 4) is 72.7 Å². The molecule has 0 spiro atoms. The van der Waals surface area contributed by atoms with Gasteiger partial charge in [-0.25, -0.2) is 4.57 Å². The smallest absolute Gasteiger partial charge is 0.225 e. The molecule has 0 bridgehead atoms. The van der Waals surface area contributed by atoms with E-state index in [1.165, 1.54) is 100 Å². The van der Waals surface area contributed by atoms with Gasteiger partial charge in [-0.2, -0.15) is 4.57 Å². The number of fused-ring (bicyclic) bond motifs is 9. The maximum absolute atomic E-state index is 2.61. The van der Waals surface area contributed by atoms with Crippen LogP contribution in [0.1, 0.15) is 56.2 Å². The second kappa shape index (κ2) is 12.9. The van der Waals surface area contributed by atoms with Crippen LogP contribution in [0.2, 0.25) is 0 Å². The molecule has 8 aromatic rings. The number of aromatic nitrogens is 2. The third-order valence-electron chi connectivity index (χ3n) is 11.3. The van der Waals surface area contributed by atoms with Gasteiger partial charge in [-0.15, -0.1) is 0 Å². The standard InChI is InChI=1S/C51H45N2/c1-32(2)44-30-36(35-18-8-7-9-19-35)31-45(33(3)4)50(44)53-47-27-17-16-26-46(47)52(6)51(53)48-34(5)28-29-43-41-24-13-12-22-39(41)37-20-10-11-21-38(37)40-23-14-15-25-42(40)49(43)48/h7-33H,1-6H3/q+1. The summed E-state index contributed by atoms with van der Waals surface area (Å²) < 4.78 is 5.05. The Bertz CT molecular complexity index is 2650. The maximum Gasteiger partial charge on any atom is 0.295 e. The Morgan fingerprint density at radius 1 is 0.453 bits per heavy atom. The Morgan fingerprint density at radius 3 is 1.49 bits per heavy atom. The van der Waals surface area contributed by atoms with E-state index < -0.39 is 0 Å². The van der Waals surface area contributed by atoms with Crippen molar-refractivity contribution < 1.29 is 4.57 Å². The number of nitrogens with zero attached hydrogens (tertiary/aromatic N) is 2. The molecule has 0 N–H and O–H groups in total. The lowest BCUT2D eigenvalue weighted by Crippen LogP contribution is -2.31. The second-order valence-electron chi connectivity index (χ2n) is 15.2. The van der Waals surface area contributed by atoms with E-state index >= 15 is 0 Å². The molecule has 0 amide bonds. The molecule has 1 aromatic heterocycles. The molecule has 9 rings (SSSR count). The Labute approximate surface area is 313 Å². The van der Waals surface area contributed by atoms with Crippen LogP contribution in [-0.4, -0.2) is 4.57 Å². The van der Waals surface area contributed by atoms with E-state index in [4.69, 9.17) is 0 Å². The van der Waals surface area contributed by atoms with Crippen molar-refractivity contribution in [3.63, 3.8) is 0 Å². The van der Waals surface area contributed by atoms with Gasteiger partial charge in [0.2, 0.25) is 0 Å². The van der Waals surface area contributed by atoms with Gasteiger partial charge in [0, 0.05) is 16.7 Å². The van der Waals surface area contributed by atoms with Crippen LogP contribution in [0.25, 0.3) is 83.7 Å². The van der Waals surface area contributed by atoms with Gasteiger partial charge in [-0.1, -0.05) is 155 Å². The minimum Gasteiger partial charge on any atom is -0.225 e. The van der Waals surface area contributed by atoms with Crippen molar-refractivity contribution in [3.05, 3.63) is 168 Å². The van der Waals surface area contributed by atoms with E-state index in [0.717, 1.165) is 0 Å². The number of aryl methyl sites for hydroxylation is 2. The fraction of sp³-hybridized carbons (Fsp3) is 0.157. The van der Waals surface area contributed by atoms with Gasteiger partial charge in [-0.05, 0) is 98.7 Å². The van der Waals surface area contributed by atoms with Crippen LogP contribution in [0.5, 0.6) is 0 Å². The molecule has 1 heterocycles. The molecule has 1 aliphatic carbocycles. The van der Waals surface area contributed by atoms with Crippen LogP contribution in [0.4, 0.5) is 0 Å². The zero-order valence-electron chi connectivity index (χ0n) is 31.5. The van der Waals surface area contributed by atoms with Crippen LogP contribution < -0.4 is 4.57 Å². The Hall–Kier alpha value is -5.99. The first kappa shape index (κ1) is 32.9. The zero-order chi connectivity index (χ0) is 36.4. The van der Waals surface area contributed by atoms with Crippen molar-refractivity contribution in [2.75, 3.05) is 0 Å². The van der Waals surface area contributed by atoms with Gasteiger partial charge in [0.1, 0.15) is 5.69 Å². The topological polar surface area (TPSA) is 8.81 Å². The third-order valence-corrected chi connectivity index (χ3v) is 11.3. The summed E-state index contributed by atoms with van der Waals surface area (Å²) in [5.41, 5.74) is 21.6. The Morgan fingerprint density at radius 2 is 0.925 bits per heavy atom. The molecule has 0 atom stereocenters. The van der Waals surface area contributed by atoms with Crippen molar-refractivity contribution in [2.45, 2.75) is 46.5 Å². The lowest BCUT2D eigenvalue weighted by molar-refractivity contribution is -0.633. The highest BCUT2D eigenvalue weighted by Crippen LogP contribution is 2.52. The van der Waals surface area contributed by atoms with E-state index in [0.29, 0.717) is 11.8 Å². The molecule has 0 radical (unpaired) electrons. The van der Waals surface area contributed by atoms with Crippen molar-refractivity contribution in [2.24, 2.45) is 7.05 Å². The average Bonchev–Trinajstić information content (AvgIpc) is 3.48. The van der Waals surface area contributed by atoms with E-state index in [-0.39, 0.29) is 0 Å². The van der Waals surface area contributed by atoms with E-state index in [2.05, 4.69) is 202 Å². The summed E-state index contributed by atoms with van der Waals surface area (Å²) in [5, 5.41) is 0. The molecule has 258 valence electrons. The lowest BCUT2D eigenvalue weighted by Gasteiger charge is -2.26. The molecule has 7 aromatic carbocycles. The maximum atomic E-state index is 2.61. The monoisotopic (exact) mass is 685 g/mol. The lowest BCUT2D eigenvalue weighted by atomic mass is 9.78. The molecule has 0 saturated heterocycles. The highest BCUT2D eigenvalue weighted by Gasteiger charge is 2.35. The molecule has 0 saturated carbocycles. The van der Waals surface area contributed by atoms with Crippen LogP contribution in [-0.2, 0) is 7.05 Å². The summed E-state index contributed by atoms with van der Waals surface area (Å²) in [6.07, 6.45) is 0. The number of benzene rings is 7. The highest BCUT2D eigenvalue weighted by molar-refractivity contribution is 6.07. The Balaban J connectivity index is 1.46. The van der Waals surface area contributed by atoms with Crippen LogP contribution in [0.15, 0.2) is 152 Å². The number of para-hydroxylation sites is 2. The number of rotatable bonds is 5. The van der Waals surface area contributed by atoms with Gasteiger partial charge in [-0.3, -0.25) is 0 Å². The van der Waals surface area contributed by atoms with Gasteiger partial charge in [0.25, 0.3) is 5.82 Å². The van der Waals surface area contributed by atoms with E-state index in [1.807, 2.05) is 0 Å². The van der Waals surface area contributed by atoms with Gasteiger partial charge in [0.15, 0.2) is 11.0 Å². The molecular weight excluding hydrogens is 641 g/mol. The first-order valence-corrected chi connectivity index (χ1v) is 19.0. The summed E-state index contributed by atoms with van der Waals surface area (Å²) in [6, 6.07) is 56.3. The SMILES string of the molecule is Cc1ccc2c(c1-c1n(-c3c(C(C)C)cc(-c4ccccc4)cc3C(C)C)c3ccccc3[n+]1C)-c1ccccc1-c1ccccc1-c1ccccc1-2. The molecule has 0 fully saturated rings. The third kappa shape index (κ3) is 5.19. The van der Waals surface area contributed by atoms with Crippen LogP contribution in [0.3, 0.4) is 0 Å². The largest absolute Gasteiger partial charge is 0.295 e. The molecule has 2 nitrogen and oxygen atoms in total. The van der Waals surface area contributed by atoms with Crippen LogP contribution in [0, 0.1) is 6.92 Å². The number of hydrogen-bond donors (Lipinski definition) is 0. The molecule has 2 heteroatoms. The number of imidazole rings is 1. The predicted octanol–water partition coefficient (Wildman–Crippen LogP) is 13.3. The van der Waals surface area contributed by atoms with Crippen molar-refractivity contribution in [1.82, 2.24) is 4.57 Å². The van der Waals surface area contributed by atoms with E-state index in [9.17, 15) is 0 Å². The summed E-state index contributed by atoms with van der Waals surface area (Å²) in [7, 11) is 2.26. The fourth-order valence-corrected chi connectivity index (χ4v) is 8.78. The predicted molar refractivity (Wildman–Crippen MR) is 224 cm³/mol. The fourth-order valence-electron chi connectivity index (χ4n) is 8.78. The zero-order valence-corrected chi connectivity index (χ0v) is 31.5. The first-order chi connectivity index (χ1) is 25.8. The number of hydrogen-bond acceptors (Lipinski definition) is 0. The molecule has 1 aliphatic rings. The summed E-state index contributed by atoms with van der Waals surface area (Å²) in [5.74, 6) is 1.79. The van der Waals surface area contributed by atoms with Gasteiger partial charge in [0.05, 0.1) is 12.6 Å². The second-order valence-corrected chi connectivity index (χ2v) is 15.2. The van der Waals surface area contributed by atoms with Gasteiger partial charge >= 0.3 is 0 Å². The summed E-state index contributed by atoms with van der Waals surface area (Å²) in [6.45, 7) is 11.7. The minimum atomic E-state index is 0.298. The summed E-state index contributed by atoms with van der Waals surface area (Å²) >= 11 is 0. The first-order valence-electron chi connectivity index (χ1n) is 19.0. The molecule has 0 aliphatic heterocycles. The van der Waals surface area contributed by atoms with Crippen LogP contribution >= 0.6 is 0 Å². The highest BCUT2D eigenvalue weighted by atomic mass is 15.2. The molecule has 0 unspecified atom stereocenters. The summed E-state index contributed by atoms with van der Waals surface area (Å²) in [4.78, 5) is 0. The van der Waals surface area contributed by atoms with Crippen molar-refractivity contribution in [1.29, 1.82) is 0 Å². The average molecular weight is 686 g/mol. The minimum absolute atomic E-state index is 0.298. The van der Waals surface area contributed by atoms with Crippen molar-refractivity contribution >= 4 is 11.0 Å². The molecule has 53 heavy (non-hydrogen) atoms. The normalized spacial score (nSPS) is 11.9. The van der Waals surface area contributed by atoms with Gasteiger partial charge < -0.3 is 0 Å². The Kier molecular flexibility index (Phi) is 8.00. The molecular formula is C51H45N2+.